The van der Waals surface area contributed by atoms with Crippen LogP contribution in [0.4, 0.5) is 0 Å². The number of aromatic nitrogens is 2. The Morgan fingerprint density at radius 3 is 2.59 bits per heavy atom. The van der Waals surface area contributed by atoms with Gasteiger partial charge in [0.15, 0.2) is 0 Å². The molecule has 0 unspecified atom stereocenters. The highest BCUT2D eigenvalue weighted by atomic mass is 35.5. The fourth-order valence-corrected chi connectivity index (χ4v) is 4.10. The minimum Gasteiger partial charge on any atom is -0.497 e. The quantitative estimate of drug-likeness (QED) is 0.649. The first-order valence-corrected chi connectivity index (χ1v) is 10.0. The molecule has 0 bridgehead atoms. The van der Waals surface area contributed by atoms with Gasteiger partial charge in [-0.2, -0.15) is 0 Å². The van der Waals surface area contributed by atoms with Gasteiger partial charge in [0.25, 0.3) is 0 Å². The van der Waals surface area contributed by atoms with E-state index in [2.05, 4.69) is 14.7 Å². The summed E-state index contributed by atoms with van der Waals surface area (Å²) in [6, 6.07) is 13.1. The van der Waals surface area contributed by atoms with Crippen molar-refractivity contribution in [3.8, 4) is 17.1 Å². The first kappa shape index (κ1) is 19.6. The molecule has 0 aliphatic rings. The van der Waals surface area contributed by atoms with E-state index < -0.39 is 10.0 Å². The Morgan fingerprint density at radius 2 is 1.89 bits per heavy atom. The Kier molecular flexibility index (Phi) is 5.96. The highest BCUT2D eigenvalue weighted by molar-refractivity contribution is 7.89. The molecule has 0 amide bonds. The molecule has 0 saturated heterocycles. The smallest absolute Gasteiger partial charge is 0.242 e. The van der Waals surface area contributed by atoms with Gasteiger partial charge in [-0.3, -0.25) is 4.98 Å². The third kappa shape index (κ3) is 4.75. The van der Waals surface area contributed by atoms with Gasteiger partial charge in [-0.05, 0) is 30.3 Å². The van der Waals surface area contributed by atoms with Crippen molar-refractivity contribution in [2.45, 2.75) is 11.4 Å². The maximum absolute atomic E-state index is 12.6. The second-order valence-electron chi connectivity index (χ2n) is 5.50. The molecule has 0 radical (unpaired) electrons. The second-order valence-corrected chi connectivity index (χ2v) is 8.08. The van der Waals surface area contributed by atoms with Crippen LogP contribution in [0.15, 0.2) is 59.6 Å². The molecule has 3 aromatic rings. The monoisotopic (exact) mass is 423 g/mol. The van der Waals surface area contributed by atoms with Gasteiger partial charge < -0.3 is 4.74 Å². The fraction of sp³-hybridized carbons (Fsp3) is 0.111. The third-order valence-electron chi connectivity index (χ3n) is 3.64. The standard InChI is InChI=1S/C18H15Cl2N3O3S/c1-26-14-9-13(23-17(10-14)16-4-2-3-7-21-16)11-22-27(24,25)18-8-12(19)5-6-15(18)20/h2-10,22H,11H2,1H3. The van der Waals surface area contributed by atoms with Crippen LogP contribution in [0.5, 0.6) is 5.75 Å². The Balaban J connectivity index is 1.88. The molecular weight excluding hydrogens is 409 g/mol. The van der Waals surface area contributed by atoms with Crippen molar-refractivity contribution in [2.75, 3.05) is 7.11 Å². The molecule has 6 nitrogen and oxygen atoms in total. The van der Waals surface area contributed by atoms with Gasteiger partial charge in [-0.15, -0.1) is 0 Å². The Labute approximate surface area is 167 Å². The molecule has 2 heterocycles. The highest BCUT2D eigenvalue weighted by Gasteiger charge is 2.19. The molecule has 1 N–H and O–H groups in total. The van der Waals surface area contributed by atoms with E-state index in [0.717, 1.165) is 0 Å². The van der Waals surface area contributed by atoms with Crippen molar-refractivity contribution in [3.05, 3.63) is 70.5 Å². The van der Waals surface area contributed by atoms with Crippen LogP contribution in [0.25, 0.3) is 11.4 Å². The van der Waals surface area contributed by atoms with Gasteiger partial charge in [0, 0.05) is 23.4 Å². The number of nitrogens with one attached hydrogen (secondary N) is 1. The van der Waals surface area contributed by atoms with Crippen molar-refractivity contribution in [3.63, 3.8) is 0 Å². The maximum Gasteiger partial charge on any atom is 0.242 e. The van der Waals surface area contributed by atoms with Gasteiger partial charge in [-0.1, -0.05) is 29.3 Å². The SMILES string of the molecule is COc1cc(CNS(=O)(=O)c2cc(Cl)ccc2Cl)nc(-c2ccccn2)c1. The number of benzene rings is 1. The van der Waals surface area contributed by atoms with E-state index in [1.165, 1.54) is 25.3 Å². The number of pyridine rings is 2. The highest BCUT2D eigenvalue weighted by Crippen LogP contribution is 2.25. The zero-order valence-electron chi connectivity index (χ0n) is 14.2. The minimum absolute atomic E-state index is 0.0534. The molecule has 0 atom stereocenters. The first-order valence-electron chi connectivity index (χ1n) is 7.80. The third-order valence-corrected chi connectivity index (χ3v) is 5.76. The lowest BCUT2D eigenvalue weighted by Gasteiger charge is -2.11. The average molecular weight is 424 g/mol. The number of rotatable bonds is 6. The van der Waals surface area contributed by atoms with Gasteiger partial charge in [-0.25, -0.2) is 18.1 Å². The van der Waals surface area contributed by atoms with Crippen LogP contribution in [0, 0.1) is 0 Å². The van der Waals surface area contributed by atoms with E-state index in [-0.39, 0.29) is 21.5 Å². The lowest BCUT2D eigenvalue weighted by molar-refractivity contribution is 0.413. The molecule has 140 valence electrons. The van der Waals surface area contributed by atoms with Crippen molar-refractivity contribution in [1.82, 2.24) is 14.7 Å². The van der Waals surface area contributed by atoms with Crippen molar-refractivity contribution >= 4 is 33.2 Å². The molecule has 3 rings (SSSR count). The van der Waals surface area contributed by atoms with E-state index in [4.69, 9.17) is 27.9 Å². The summed E-state index contributed by atoms with van der Waals surface area (Å²) in [6.07, 6.45) is 1.65. The summed E-state index contributed by atoms with van der Waals surface area (Å²) in [5.41, 5.74) is 1.69. The number of methoxy groups -OCH3 is 1. The molecular formula is C18H15Cl2N3O3S. The van der Waals surface area contributed by atoms with E-state index in [0.29, 0.717) is 22.8 Å². The minimum atomic E-state index is -3.87. The summed E-state index contributed by atoms with van der Waals surface area (Å²) in [4.78, 5) is 8.62. The topological polar surface area (TPSA) is 81.2 Å². The molecule has 1 aromatic carbocycles. The number of ether oxygens (including phenoxy) is 1. The Hall–Kier alpha value is -2.19. The largest absolute Gasteiger partial charge is 0.497 e. The second kappa shape index (κ2) is 8.22. The normalized spacial score (nSPS) is 11.4. The van der Waals surface area contributed by atoms with Crippen LogP contribution in [0.2, 0.25) is 10.0 Å². The number of nitrogens with zero attached hydrogens (tertiary/aromatic N) is 2. The van der Waals surface area contributed by atoms with Gasteiger partial charge in [0.1, 0.15) is 10.6 Å². The molecule has 0 spiro atoms. The molecule has 0 saturated carbocycles. The van der Waals surface area contributed by atoms with Crippen molar-refractivity contribution in [1.29, 1.82) is 0 Å². The lowest BCUT2D eigenvalue weighted by atomic mass is 10.2. The van der Waals surface area contributed by atoms with Crippen LogP contribution in [0.3, 0.4) is 0 Å². The van der Waals surface area contributed by atoms with Gasteiger partial charge in [0.2, 0.25) is 10.0 Å². The van der Waals surface area contributed by atoms with Crippen molar-refractivity contribution in [2.24, 2.45) is 0 Å². The van der Waals surface area contributed by atoms with Crippen LogP contribution in [0.1, 0.15) is 5.69 Å². The molecule has 0 fully saturated rings. The summed E-state index contributed by atoms with van der Waals surface area (Å²) in [5.74, 6) is 0.542. The number of hydrogen-bond donors (Lipinski definition) is 1. The van der Waals surface area contributed by atoms with E-state index in [1.54, 1.807) is 24.4 Å². The maximum atomic E-state index is 12.6. The molecule has 27 heavy (non-hydrogen) atoms. The summed E-state index contributed by atoms with van der Waals surface area (Å²) >= 11 is 11.9. The van der Waals surface area contributed by atoms with Crippen molar-refractivity contribution < 1.29 is 13.2 Å². The number of sulfonamides is 1. The molecule has 0 aliphatic heterocycles. The zero-order valence-corrected chi connectivity index (χ0v) is 16.5. The van der Waals surface area contributed by atoms with Gasteiger partial charge in [0.05, 0.1) is 35.8 Å². The molecule has 9 heteroatoms. The summed E-state index contributed by atoms with van der Waals surface area (Å²) in [6.45, 7) is -0.0534. The fourth-order valence-electron chi connectivity index (χ4n) is 2.34. The number of hydrogen-bond acceptors (Lipinski definition) is 5. The predicted molar refractivity (Wildman–Crippen MR) is 105 cm³/mol. The summed E-state index contributed by atoms with van der Waals surface area (Å²) < 4.78 is 32.9. The summed E-state index contributed by atoms with van der Waals surface area (Å²) in [5, 5.41) is 0.358. The predicted octanol–water partition coefficient (Wildman–Crippen LogP) is 3.94. The van der Waals surface area contributed by atoms with Crippen LogP contribution >= 0.6 is 23.2 Å². The first-order chi connectivity index (χ1) is 12.9. The van der Waals surface area contributed by atoms with Crippen LogP contribution in [-0.2, 0) is 16.6 Å². The van der Waals surface area contributed by atoms with Gasteiger partial charge >= 0.3 is 0 Å². The molecule has 2 aromatic heterocycles. The summed E-state index contributed by atoms with van der Waals surface area (Å²) in [7, 11) is -2.35. The zero-order chi connectivity index (χ0) is 19.4. The lowest BCUT2D eigenvalue weighted by Crippen LogP contribution is -2.24. The van der Waals surface area contributed by atoms with E-state index >= 15 is 0 Å². The Morgan fingerprint density at radius 1 is 1.07 bits per heavy atom. The van der Waals surface area contributed by atoms with E-state index in [9.17, 15) is 8.42 Å². The van der Waals surface area contributed by atoms with Crippen LogP contribution in [-0.4, -0.2) is 25.5 Å². The van der Waals surface area contributed by atoms with Crippen LogP contribution < -0.4 is 9.46 Å². The average Bonchev–Trinajstić information content (AvgIpc) is 2.68. The Bertz CT molecular complexity index is 1060. The van der Waals surface area contributed by atoms with E-state index in [1.807, 2.05) is 12.1 Å². The molecule has 0 aliphatic carbocycles. The number of halogens is 2.